The van der Waals surface area contributed by atoms with Crippen molar-refractivity contribution >= 4 is 36.3 Å². The summed E-state index contributed by atoms with van der Waals surface area (Å²) in [4.78, 5) is 17.2. The highest BCUT2D eigenvalue weighted by Crippen LogP contribution is 2.08. The van der Waals surface area contributed by atoms with Crippen LogP contribution in [-0.2, 0) is 0 Å². The third-order valence-corrected chi connectivity index (χ3v) is 7.32. The summed E-state index contributed by atoms with van der Waals surface area (Å²) in [6, 6.07) is 3.71. The maximum atomic E-state index is 4.33. The SMILES string of the molecule is [SiH3]C([SiH2]N([SiH3])c1ncccn1)c1ncccn1. The minimum Gasteiger partial charge on any atom is -0.406 e. The second-order valence-electron chi connectivity index (χ2n) is 3.94. The van der Waals surface area contributed by atoms with Crippen molar-refractivity contribution in [3.05, 3.63) is 42.7 Å². The van der Waals surface area contributed by atoms with Crippen LogP contribution in [0.4, 0.5) is 5.95 Å². The van der Waals surface area contributed by atoms with Gasteiger partial charge in [-0.1, -0.05) is 0 Å². The molecule has 0 amide bonds. The molecule has 8 heteroatoms. The van der Waals surface area contributed by atoms with Gasteiger partial charge >= 0.3 is 0 Å². The van der Waals surface area contributed by atoms with Gasteiger partial charge in [-0.2, -0.15) is 0 Å². The van der Waals surface area contributed by atoms with Crippen LogP contribution < -0.4 is 4.23 Å². The van der Waals surface area contributed by atoms with E-state index in [0.29, 0.717) is 5.16 Å². The molecule has 0 N–H and O–H groups in total. The Morgan fingerprint density at radius 1 is 1.00 bits per heavy atom. The Bertz CT molecular complexity index is 411. The average molecular weight is 278 g/mol. The molecule has 1 unspecified atom stereocenters. The van der Waals surface area contributed by atoms with Crippen molar-refractivity contribution in [3.63, 3.8) is 0 Å². The Morgan fingerprint density at radius 3 is 2.12 bits per heavy atom. The molecule has 0 spiro atoms. The van der Waals surface area contributed by atoms with Gasteiger partial charge in [0.2, 0.25) is 5.95 Å². The zero-order valence-corrected chi connectivity index (χ0v) is 15.4. The van der Waals surface area contributed by atoms with E-state index in [2.05, 4.69) is 24.2 Å². The van der Waals surface area contributed by atoms with Crippen molar-refractivity contribution in [2.24, 2.45) is 0 Å². The quantitative estimate of drug-likeness (QED) is 0.579. The molecule has 2 heterocycles. The third kappa shape index (κ3) is 3.28. The first-order valence-corrected chi connectivity index (χ1v) is 9.02. The molecular weight excluding hydrogens is 262 g/mol. The van der Waals surface area contributed by atoms with E-state index in [4.69, 9.17) is 0 Å². The molecule has 2 aromatic heterocycles. The van der Waals surface area contributed by atoms with Crippen LogP contribution in [0.25, 0.3) is 0 Å². The van der Waals surface area contributed by atoms with E-state index < -0.39 is 9.68 Å². The normalized spacial score (nSPS) is 13.2. The van der Waals surface area contributed by atoms with Crippen LogP contribution in [0.3, 0.4) is 0 Å². The lowest BCUT2D eigenvalue weighted by Crippen LogP contribution is -2.32. The van der Waals surface area contributed by atoms with Gasteiger partial charge in [-0.25, -0.2) is 19.9 Å². The highest BCUT2D eigenvalue weighted by Gasteiger charge is 2.13. The fourth-order valence-corrected chi connectivity index (χ4v) is 9.16. The molecule has 0 aliphatic heterocycles. The molecule has 17 heavy (non-hydrogen) atoms. The van der Waals surface area contributed by atoms with E-state index in [1.807, 2.05) is 24.5 Å². The summed E-state index contributed by atoms with van der Waals surface area (Å²) in [7, 11) is 1.62. The first-order valence-electron chi connectivity index (χ1n) is 5.52. The summed E-state index contributed by atoms with van der Waals surface area (Å²) in [5, 5.41) is 0.553. The predicted octanol–water partition coefficient (Wildman–Crippen LogP) is -2.50. The fraction of sp³-hybridized carbons (Fsp3) is 0.111. The molecule has 0 saturated carbocycles. The van der Waals surface area contributed by atoms with Crippen LogP contribution in [0.15, 0.2) is 36.9 Å². The van der Waals surface area contributed by atoms with E-state index >= 15 is 0 Å². The monoisotopic (exact) mass is 277 g/mol. The van der Waals surface area contributed by atoms with Gasteiger partial charge in [0.15, 0.2) is 0 Å². The van der Waals surface area contributed by atoms with Gasteiger partial charge in [-0.3, -0.25) is 0 Å². The third-order valence-electron chi connectivity index (χ3n) is 2.47. The predicted molar refractivity (Wildman–Crippen MR) is 77.7 cm³/mol. The number of hydrogen-bond acceptors (Lipinski definition) is 5. The minimum atomic E-state index is -0.430. The van der Waals surface area contributed by atoms with Crippen molar-refractivity contribution in [2.75, 3.05) is 4.23 Å². The number of hydrogen-bond donors (Lipinski definition) is 0. The van der Waals surface area contributed by atoms with Gasteiger partial charge in [-0.05, 0) is 12.1 Å². The largest absolute Gasteiger partial charge is 0.406 e. The molecule has 0 fully saturated rings. The van der Waals surface area contributed by atoms with Gasteiger partial charge in [0.1, 0.15) is 25.9 Å². The summed E-state index contributed by atoms with van der Waals surface area (Å²) in [5.74, 6) is 1.85. The van der Waals surface area contributed by atoms with Crippen LogP contribution in [0, 0.1) is 0 Å². The van der Waals surface area contributed by atoms with Gasteiger partial charge < -0.3 is 4.23 Å². The summed E-state index contributed by atoms with van der Waals surface area (Å²) in [5.41, 5.74) is 0. The lowest BCUT2D eigenvalue weighted by Gasteiger charge is -2.20. The molecule has 0 aliphatic carbocycles. The highest BCUT2D eigenvalue weighted by atomic mass is 28.3. The lowest BCUT2D eigenvalue weighted by molar-refractivity contribution is 0.999. The summed E-state index contributed by atoms with van der Waals surface area (Å²) in [6.45, 7) is 0. The van der Waals surface area contributed by atoms with E-state index in [-0.39, 0.29) is 0 Å². The highest BCUT2D eigenvalue weighted by molar-refractivity contribution is 6.62. The number of aromatic nitrogens is 4. The van der Waals surface area contributed by atoms with E-state index in [9.17, 15) is 0 Å². The fourth-order valence-electron chi connectivity index (χ4n) is 1.63. The molecular formula is C9H15N5Si3. The van der Waals surface area contributed by atoms with Crippen LogP contribution in [-0.4, -0.2) is 50.3 Å². The minimum absolute atomic E-state index is 0.430. The molecule has 1 atom stereocenters. The maximum Gasteiger partial charge on any atom is 0.207 e. The van der Waals surface area contributed by atoms with Gasteiger partial charge in [-0.15, -0.1) is 0 Å². The Kier molecular flexibility index (Phi) is 4.12. The molecule has 2 rings (SSSR count). The number of rotatable bonds is 4. The first kappa shape index (κ1) is 12.1. The molecule has 2 aromatic rings. The van der Waals surface area contributed by atoms with Crippen molar-refractivity contribution in [2.45, 2.75) is 5.16 Å². The Morgan fingerprint density at radius 2 is 1.53 bits per heavy atom. The van der Waals surface area contributed by atoms with Crippen molar-refractivity contribution in [3.8, 4) is 0 Å². The lowest BCUT2D eigenvalue weighted by atomic mass is 10.6. The molecule has 0 saturated heterocycles. The smallest absolute Gasteiger partial charge is 0.207 e. The second-order valence-corrected chi connectivity index (χ2v) is 11.8. The molecule has 5 nitrogen and oxygen atoms in total. The van der Waals surface area contributed by atoms with Crippen molar-refractivity contribution in [1.82, 2.24) is 19.9 Å². The molecule has 88 valence electrons. The van der Waals surface area contributed by atoms with Gasteiger partial charge in [0, 0.05) is 40.2 Å². The Labute approximate surface area is 109 Å². The van der Waals surface area contributed by atoms with Crippen molar-refractivity contribution in [1.29, 1.82) is 0 Å². The zero-order valence-electron chi connectivity index (χ0n) is 9.98. The van der Waals surface area contributed by atoms with Crippen LogP contribution in [0.1, 0.15) is 11.0 Å². The Hall–Kier alpha value is -1.39. The van der Waals surface area contributed by atoms with E-state index in [1.165, 1.54) is 0 Å². The summed E-state index contributed by atoms with van der Waals surface area (Å²) < 4.78 is 2.31. The second kappa shape index (κ2) is 5.80. The molecule has 0 bridgehead atoms. The van der Waals surface area contributed by atoms with Crippen LogP contribution in [0.2, 0.25) is 0 Å². The first-order chi connectivity index (χ1) is 8.27. The van der Waals surface area contributed by atoms with Crippen LogP contribution >= 0.6 is 0 Å². The zero-order chi connectivity index (χ0) is 12.1. The Balaban J connectivity index is 2.02. The molecule has 0 radical (unpaired) electrons. The van der Waals surface area contributed by atoms with Gasteiger partial charge in [0.25, 0.3) is 0 Å². The topological polar surface area (TPSA) is 54.8 Å². The molecule has 0 aromatic carbocycles. The standard InChI is InChI=1S/C9H15N5Si3/c15-8(7-10-3-1-4-11-7)17-14(16)9-12-5-2-6-13-9/h1-6,8H,17H2,15-16H3. The number of nitrogens with zero attached hydrogens (tertiary/aromatic N) is 5. The number of anilines is 1. The van der Waals surface area contributed by atoms with E-state index in [0.717, 1.165) is 32.4 Å². The maximum absolute atomic E-state index is 4.33. The summed E-state index contributed by atoms with van der Waals surface area (Å²) in [6.07, 6.45) is 7.22. The van der Waals surface area contributed by atoms with Crippen LogP contribution in [0.5, 0.6) is 0 Å². The average Bonchev–Trinajstić information content (AvgIpc) is 2.40. The molecule has 0 aliphatic rings. The summed E-state index contributed by atoms with van der Waals surface area (Å²) >= 11 is 0. The van der Waals surface area contributed by atoms with Crippen molar-refractivity contribution < 1.29 is 0 Å². The van der Waals surface area contributed by atoms with E-state index in [1.54, 1.807) is 12.4 Å². The van der Waals surface area contributed by atoms with Gasteiger partial charge in [0.05, 0.1) is 0 Å².